The Kier molecular flexibility index (Phi) is 5.85. The fourth-order valence-corrected chi connectivity index (χ4v) is 3.40. The number of aromatic nitrogens is 1. The van der Waals surface area contributed by atoms with E-state index >= 15 is 0 Å². The highest BCUT2D eigenvalue weighted by atomic mass is 19.4. The Balaban J connectivity index is 1.97. The molecule has 1 amide bonds. The molecule has 31 heavy (non-hydrogen) atoms. The zero-order valence-electron chi connectivity index (χ0n) is 16.1. The molecule has 11 heteroatoms. The first-order chi connectivity index (χ1) is 14.4. The smallest absolute Gasteiger partial charge is 0.345 e. The van der Waals surface area contributed by atoms with Crippen LogP contribution < -0.4 is 9.80 Å². The van der Waals surface area contributed by atoms with Crippen LogP contribution in [0.3, 0.4) is 0 Å². The first-order valence-electron chi connectivity index (χ1n) is 9.12. The van der Waals surface area contributed by atoms with Crippen molar-refractivity contribution in [2.45, 2.75) is 31.2 Å². The minimum absolute atomic E-state index is 0.0457. The van der Waals surface area contributed by atoms with Crippen molar-refractivity contribution in [2.75, 3.05) is 23.4 Å². The zero-order valence-corrected chi connectivity index (χ0v) is 16.1. The summed E-state index contributed by atoms with van der Waals surface area (Å²) in [4.78, 5) is 18.8. The van der Waals surface area contributed by atoms with E-state index in [1.54, 1.807) is 12.1 Å². The van der Waals surface area contributed by atoms with E-state index in [1.165, 1.54) is 24.1 Å². The highest BCUT2D eigenvalue weighted by molar-refractivity contribution is 5.99. The van der Waals surface area contributed by atoms with Crippen LogP contribution in [0.1, 0.15) is 29.7 Å². The third-order valence-electron chi connectivity index (χ3n) is 4.95. The second kappa shape index (κ2) is 8.09. The van der Waals surface area contributed by atoms with Crippen molar-refractivity contribution >= 4 is 17.4 Å². The summed E-state index contributed by atoms with van der Waals surface area (Å²) in [5.41, 5.74) is -2.48. The number of anilines is 2. The summed E-state index contributed by atoms with van der Waals surface area (Å²) < 4.78 is 79.0. The maximum atomic E-state index is 13.2. The molecule has 2 heterocycles. The Bertz CT molecular complexity index is 995. The van der Waals surface area contributed by atoms with Crippen LogP contribution in [0.2, 0.25) is 0 Å². The van der Waals surface area contributed by atoms with Gasteiger partial charge in [0.05, 0.1) is 17.2 Å². The van der Waals surface area contributed by atoms with E-state index in [1.807, 2.05) is 6.07 Å². The molecule has 0 radical (unpaired) electrons. The molecule has 1 atom stereocenters. The van der Waals surface area contributed by atoms with Gasteiger partial charge in [-0.25, -0.2) is 4.98 Å². The Morgan fingerprint density at radius 1 is 1.16 bits per heavy atom. The molecule has 0 bridgehead atoms. The van der Waals surface area contributed by atoms with E-state index in [2.05, 4.69) is 4.98 Å². The normalized spacial score (nSPS) is 16.8. The summed E-state index contributed by atoms with van der Waals surface area (Å²) in [6.45, 7) is 0.0775. The van der Waals surface area contributed by atoms with Crippen molar-refractivity contribution in [1.82, 2.24) is 4.98 Å². The second-order valence-electron chi connectivity index (χ2n) is 7.01. The standard InChI is InChI=1S/C20H16F6N4O/c1-29(14-5-2-4-12(8-14)11-27)18(31)15-6-3-7-30(15)17-10-13(19(21,22)23)9-16(28-17)20(24,25)26/h2,4-5,8-10,15H,3,6-7H2,1H3/t15-/m0/s1. The summed E-state index contributed by atoms with van der Waals surface area (Å²) >= 11 is 0. The molecule has 2 aromatic rings. The van der Waals surface area contributed by atoms with Gasteiger partial charge in [-0.1, -0.05) is 6.07 Å². The highest BCUT2D eigenvalue weighted by Crippen LogP contribution is 2.38. The van der Waals surface area contributed by atoms with Crippen LogP contribution in [0.4, 0.5) is 37.8 Å². The average molecular weight is 442 g/mol. The first kappa shape index (κ1) is 22.4. The highest BCUT2D eigenvalue weighted by Gasteiger charge is 2.41. The predicted octanol–water partition coefficient (Wildman–Crippen LogP) is 4.62. The van der Waals surface area contributed by atoms with Crippen LogP contribution in [0.5, 0.6) is 0 Å². The van der Waals surface area contributed by atoms with Gasteiger partial charge in [0.2, 0.25) is 5.91 Å². The topological polar surface area (TPSA) is 60.2 Å². The number of carbonyl (C=O) groups is 1. The van der Waals surface area contributed by atoms with Gasteiger partial charge in [-0.05, 0) is 43.2 Å². The number of hydrogen-bond donors (Lipinski definition) is 0. The molecule has 1 aliphatic heterocycles. The Hall–Kier alpha value is -3.29. The molecule has 1 aromatic heterocycles. The summed E-state index contributed by atoms with van der Waals surface area (Å²) in [6.07, 6.45) is -9.46. The van der Waals surface area contributed by atoms with E-state index in [-0.39, 0.29) is 19.0 Å². The number of carbonyl (C=O) groups excluding carboxylic acids is 1. The molecule has 0 saturated carbocycles. The van der Waals surface area contributed by atoms with Crippen molar-refractivity contribution in [3.63, 3.8) is 0 Å². The first-order valence-corrected chi connectivity index (χ1v) is 9.12. The molecule has 0 unspecified atom stereocenters. The van der Waals surface area contributed by atoms with Crippen LogP contribution in [-0.4, -0.2) is 30.5 Å². The summed E-state index contributed by atoms with van der Waals surface area (Å²) in [6, 6.07) is 7.55. The van der Waals surface area contributed by atoms with Crippen molar-refractivity contribution in [1.29, 1.82) is 5.26 Å². The maximum Gasteiger partial charge on any atom is 0.433 e. The van der Waals surface area contributed by atoms with Crippen molar-refractivity contribution < 1.29 is 31.1 Å². The number of alkyl halides is 6. The largest absolute Gasteiger partial charge is 0.433 e. The molecule has 1 aromatic carbocycles. The van der Waals surface area contributed by atoms with Crippen LogP contribution >= 0.6 is 0 Å². The third kappa shape index (κ3) is 4.73. The van der Waals surface area contributed by atoms with Gasteiger partial charge >= 0.3 is 12.4 Å². The van der Waals surface area contributed by atoms with Gasteiger partial charge in [-0.15, -0.1) is 0 Å². The van der Waals surface area contributed by atoms with Gasteiger partial charge in [0.15, 0.2) is 0 Å². The maximum absolute atomic E-state index is 13.2. The molecule has 1 fully saturated rings. The van der Waals surface area contributed by atoms with Crippen LogP contribution in [0.25, 0.3) is 0 Å². The summed E-state index contributed by atoms with van der Waals surface area (Å²) in [5.74, 6) is -1.09. The number of nitriles is 1. The molecular formula is C20H16F6N4O. The lowest BCUT2D eigenvalue weighted by Crippen LogP contribution is -2.45. The average Bonchev–Trinajstić information content (AvgIpc) is 3.21. The SMILES string of the molecule is CN(C(=O)[C@@H]1CCCN1c1cc(C(F)(F)F)cc(C(F)(F)F)n1)c1cccc(C#N)c1. The summed E-state index contributed by atoms with van der Waals surface area (Å²) in [7, 11) is 1.43. The minimum Gasteiger partial charge on any atom is -0.345 e. The van der Waals surface area contributed by atoms with E-state index < -0.39 is 41.4 Å². The van der Waals surface area contributed by atoms with Crippen LogP contribution in [-0.2, 0) is 17.1 Å². The van der Waals surface area contributed by atoms with Gasteiger partial charge in [-0.2, -0.15) is 31.6 Å². The summed E-state index contributed by atoms with van der Waals surface area (Å²) in [5, 5.41) is 9.01. The number of likely N-dealkylation sites (N-methyl/N-ethyl adjacent to an activating group) is 1. The Morgan fingerprint density at radius 3 is 2.48 bits per heavy atom. The monoisotopic (exact) mass is 442 g/mol. The van der Waals surface area contributed by atoms with Gasteiger partial charge in [0, 0.05) is 19.3 Å². The molecule has 0 spiro atoms. The number of nitrogens with zero attached hydrogens (tertiary/aromatic N) is 4. The lowest BCUT2D eigenvalue weighted by molar-refractivity contribution is -0.145. The number of benzene rings is 1. The van der Waals surface area contributed by atoms with Crippen molar-refractivity contribution in [2.24, 2.45) is 0 Å². The van der Waals surface area contributed by atoms with Crippen LogP contribution in [0.15, 0.2) is 36.4 Å². The zero-order chi connectivity index (χ0) is 23.0. The molecule has 0 aliphatic carbocycles. The number of amides is 1. The molecular weight excluding hydrogens is 426 g/mol. The van der Waals surface area contributed by atoms with E-state index in [9.17, 15) is 31.1 Å². The minimum atomic E-state index is -5.08. The van der Waals surface area contributed by atoms with Crippen molar-refractivity contribution in [3.05, 3.63) is 53.2 Å². The van der Waals surface area contributed by atoms with E-state index in [0.29, 0.717) is 23.7 Å². The molecule has 164 valence electrons. The molecule has 3 rings (SSSR count). The molecule has 1 saturated heterocycles. The fourth-order valence-electron chi connectivity index (χ4n) is 3.40. The van der Waals surface area contributed by atoms with Gasteiger partial charge in [0.25, 0.3) is 0 Å². The number of pyridine rings is 1. The Morgan fingerprint density at radius 2 is 1.87 bits per heavy atom. The number of hydrogen-bond acceptors (Lipinski definition) is 4. The predicted molar refractivity (Wildman–Crippen MR) is 99.2 cm³/mol. The molecule has 0 N–H and O–H groups in total. The number of halogens is 6. The van der Waals surface area contributed by atoms with Crippen LogP contribution in [0, 0.1) is 11.3 Å². The quantitative estimate of drug-likeness (QED) is 0.651. The number of rotatable bonds is 3. The molecule has 5 nitrogen and oxygen atoms in total. The third-order valence-corrected chi connectivity index (χ3v) is 4.95. The lowest BCUT2D eigenvalue weighted by atomic mass is 10.1. The fraction of sp³-hybridized carbons (Fsp3) is 0.350. The molecule has 1 aliphatic rings. The van der Waals surface area contributed by atoms with Gasteiger partial charge in [-0.3, -0.25) is 4.79 Å². The van der Waals surface area contributed by atoms with Gasteiger partial charge in [0.1, 0.15) is 17.6 Å². The lowest BCUT2D eigenvalue weighted by Gasteiger charge is -2.29. The second-order valence-corrected chi connectivity index (χ2v) is 7.01. The van der Waals surface area contributed by atoms with Gasteiger partial charge < -0.3 is 9.80 Å². The Labute approximate surface area is 173 Å². The van der Waals surface area contributed by atoms with Crippen molar-refractivity contribution in [3.8, 4) is 6.07 Å². The van der Waals surface area contributed by atoms with E-state index in [0.717, 1.165) is 4.90 Å². The van der Waals surface area contributed by atoms with E-state index in [4.69, 9.17) is 5.26 Å².